The summed E-state index contributed by atoms with van der Waals surface area (Å²) in [5, 5.41) is 14.8. The van der Waals surface area contributed by atoms with Crippen LogP contribution in [0, 0.1) is 13.7 Å². The van der Waals surface area contributed by atoms with E-state index < -0.39 is 4.92 Å². The zero-order chi connectivity index (χ0) is 16.1. The second-order valence-electron chi connectivity index (χ2n) is 4.14. The predicted octanol–water partition coefficient (Wildman–Crippen LogP) is 3.62. The van der Waals surface area contributed by atoms with Crippen molar-refractivity contribution in [1.29, 1.82) is 0 Å². The van der Waals surface area contributed by atoms with Gasteiger partial charge in [0.05, 0.1) is 16.7 Å². The van der Waals surface area contributed by atoms with Crippen molar-refractivity contribution >= 4 is 52.0 Å². The quantitative estimate of drug-likeness (QED) is 0.349. The molecule has 2 aromatic rings. The Balaban J connectivity index is 2.13. The Morgan fingerprint density at radius 2 is 2.05 bits per heavy atom. The molecule has 0 saturated heterocycles. The van der Waals surface area contributed by atoms with Crippen LogP contribution in [0.25, 0.3) is 0 Å². The van der Waals surface area contributed by atoms with Crippen LogP contribution in [0.15, 0.2) is 47.6 Å². The predicted molar refractivity (Wildman–Crippen MR) is 92.3 cm³/mol. The monoisotopic (exact) mass is 429 g/mol. The number of nitro groups is 1. The molecule has 0 heterocycles. The lowest BCUT2D eigenvalue weighted by molar-refractivity contribution is -0.384. The number of hydrogen-bond acceptors (Lipinski definition) is 4. The number of non-ortho nitro benzene ring substituents is 1. The van der Waals surface area contributed by atoms with Gasteiger partial charge in [-0.3, -0.25) is 14.9 Å². The zero-order valence-electron chi connectivity index (χ0n) is 11.0. The summed E-state index contributed by atoms with van der Waals surface area (Å²) in [7, 11) is 0. The third-order valence-corrected chi connectivity index (χ3v) is 3.96. The van der Waals surface area contributed by atoms with Crippen molar-refractivity contribution in [3.63, 3.8) is 0 Å². The van der Waals surface area contributed by atoms with E-state index in [9.17, 15) is 14.9 Å². The maximum atomic E-state index is 11.9. The SMILES string of the molecule is O=C(N/N=C/c1cc([N+](=O)[O-])ccc1Cl)c1ccccc1I. The first-order valence-electron chi connectivity index (χ1n) is 6.01. The van der Waals surface area contributed by atoms with Crippen LogP contribution in [0.5, 0.6) is 0 Å². The Morgan fingerprint density at radius 1 is 1.32 bits per heavy atom. The molecule has 6 nitrogen and oxygen atoms in total. The number of hydrazone groups is 1. The van der Waals surface area contributed by atoms with E-state index in [1.54, 1.807) is 18.2 Å². The summed E-state index contributed by atoms with van der Waals surface area (Å²) in [5.41, 5.74) is 3.10. The van der Waals surface area contributed by atoms with Gasteiger partial charge in [0, 0.05) is 26.3 Å². The van der Waals surface area contributed by atoms with Crippen LogP contribution < -0.4 is 5.43 Å². The number of nitro benzene ring substituents is 1. The number of nitrogens with one attached hydrogen (secondary N) is 1. The van der Waals surface area contributed by atoms with E-state index in [2.05, 4.69) is 10.5 Å². The number of hydrogen-bond donors (Lipinski definition) is 1. The van der Waals surface area contributed by atoms with E-state index in [1.165, 1.54) is 24.4 Å². The number of nitrogens with zero attached hydrogens (tertiary/aromatic N) is 2. The smallest absolute Gasteiger partial charge is 0.267 e. The van der Waals surface area contributed by atoms with Crippen LogP contribution in [0.2, 0.25) is 5.02 Å². The summed E-state index contributed by atoms with van der Waals surface area (Å²) in [4.78, 5) is 22.1. The van der Waals surface area contributed by atoms with Crippen molar-refractivity contribution in [1.82, 2.24) is 5.43 Å². The molecule has 0 aromatic heterocycles. The lowest BCUT2D eigenvalue weighted by atomic mass is 10.2. The number of benzene rings is 2. The van der Waals surface area contributed by atoms with Gasteiger partial charge in [-0.2, -0.15) is 5.10 Å². The lowest BCUT2D eigenvalue weighted by Gasteiger charge is -2.02. The highest BCUT2D eigenvalue weighted by Gasteiger charge is 2.09. The first kappa shape index (κ1) is 16.4. The summed E-state index contributed by atoms with van der Waals surface area (Å²) in [6, 6.07) is 11.0. The molecule has 0 fully saturated rings. The highest BCUT2D eigenvalue weighted by atomic mass is 127. The van der Waals surface area contributed by atoms with Gasteiger partial charge in [-0.15, -0.1) is 0 Å². The maximum absolute atomic E-state index is 11.9. The second kappa shape index (κ2) is 7.32. The zero-order valence-corrected chi connectivity index (χ0v) is 13.9. The average Bonchev–Trinajstić information content (AvgIpc) is 2.49. The number of halogens is 2. The molecule has 8 heteroatoms. The molecule has 0 aliphatic carbocycles. The Kier molecular flexibility index (Phi) is 5.45. The van der Waals surface area contributed by atoms with Crippen molar-refractivity contribution < 1.29 is 9.72 Å². The summed E-state index contributed by atoms with van der Waals surface area (Å²) in [6.07, 6.45) is 1.27. The first-order chi connectivity index (χ1) is 10.5. The van der Waals surface area contributed by atoms with Crippen LogP contribution in [0.4, 0.5) is 5.69 Å². The van der Waals surface area contributed by atoms with E-state index in [-0.39, 0.29) is 11.6 Å². The van der Waals surface area contributed by atoms with E-state index in [1.807, 2.05) is 28.7 Å². The Bertz CT molecular complexity index is 765. The molecule has 2 rings (SSSR count). The Labute approximate surface area is 144 Å². The molecule has 0 bridgehead atoms. The molecule has 22 heavy (non-hydrogen) atoms. The Morgan fingerprint density at radius 3 is 2.73 bits per heavy atom. The number of amides is 1. The summed E-state index contributed by atoms with van der Waals surface area (Å²) >= 11 is 7.98. The van der Waals surface area contributed by atoms with Crippen molar-refractivity contribution in [2.45, 2.75) is 0 Å². The molecule has 0 spiro atoms. The molecular weight excluding hydrogens is 421 g/mol. The van der Waals surface area contributed by atoms with Crippen molar-refractivity contribution in [3.05, 3.63) is 72.3 Å². The maximum Gasteiger partial charge on any atom is 0.272 e. The van der Waals surface area contributed by atoms with Gasteiger partial charge in [-0.1, -0.05) is 23.7 Å². The van der Waals surface area contributed by atoms with Crippen LogP contribution in [-0.2, 0) is 0 Å². The highest BCUT2D eigenvalue weighted by molar-refractivity contribution is 14.1. The topological polar surface area (TPSA) is 84.6 Å². The minimum Gasteiger partial charge on any atom is -0.267 e. The molecule has 0 aliphatic rings. The van der Waals surface area contributed by atoms with Gasteiger partial charge in [0.15, 0.2) is 0 Å². The molecule has 1 amide bonds. The van der Waals surface area contributed by atoms with Crippen molar-refractivity contribution in [2.75, 3.05) is 0 Å². The number of rotatable bonds is 4. The van der Waals surface area contributed by atoms with E-state index in [0.717, 1.165) is 3.57 Å². The van der Waals surface area contributed by atoms with E-state index >= 15 is 0 Å². The van der Waals surface area contributed by atoms with Gasteiger partial charge in [0.2, 0.25) is 0 Å². The summed E-state index contributed by atoms with van der Waals surface area (Å²) in [6.45, 7) is 0. The highest BCUT2D eigenvalue weighted by Crippen LogP contribution is 2.20. The molecule has 112 valence electrons. The van der Waals surface area contributed by atoms with Crippen molar-refractivity contribution in [2.24, 2.45) is 5.10 Å². The third kappa shape index (κ3) is 4.01. The Hall–Kier alpha value is -2.00. The number of carbonyl (C=O) groups is 1. The van der Waals surface area contributed by atoms with Crippen LogP contribution in [0.1, 0.15) is 15.9 Å². The molecule has 0 radical (unpaired) electrons. The fraction of sp³-hybridized carbons (Fsp3) is 0. The molecule has 2 aromatic carbocycles. The minimum atomic E-state index is -0.529. The normalized spacial score (nSPS) is 10.6. The van der Waals surface area contributed by atoms with Crippen molar-refractivity contribution in [3.8, 4) is 0 Å². The largest absolute Gasteiger partial charge is 0.272 e. The molecular formula is C14H9ClIN3O3. The second-order valence-corrected chi connectivity index (χ2v) is 5.71. The molecule has 0 saturated carbocycles. The van der Waals surface area contributed by atoms with Gasteiger partial charge in [-0.25, -0.2) is 5.43 Å². The molecule has 0 unspecified atom stereocenters. The van der Waals surface area contributed by atoms with Gasteiger partial charge in [-0.05, 0) is 40.8 Å². The molecule has 1 N–H and O–H groups in total. The minimum absolute atomic E-state index is 0.102. The van der Waals surface area contributed by atoms with Gasteiger partial charge < -0.3 is 0 Å². The molecule has 0 atom stereocenters. The van der Waals surface area contributed by atoms with Gasteiger partial charge in [0.1, 0.15) is 0 Å². The van der Waals surface area contributed by atoms with Crippen LogP contribution in [0.3, 0.4) is 0 Å². The molecule has 0 aliphatic heterocycles. The first-order valence-corrected chi connectivity index (χ1v) is 7.46. The summed E-state index contributed by atoms with van der Waals surface area (Å²) < 4.78 is 0.793. The van der Waals surface area contributed by atoms with E-state index in [4.69, 9.17) is 11.6 Å². The lowest BCUT2D eigenvalue weighted by Crippen LogP contribution is -2.18. The van der Waals surface area contributed by atoms with Crippen LogP contribution in [-0.4, -0.2) is 17.0 Å². The summed E-state index contributed by atoms with van der Waals surface area (Å²) in [5.74, 6) is -0.372. The third-order valence-electron chi connectivity index (χ3n) is 2.68. The standard InChI is InChI=1S/C14H9ClIN3O3/c15-12-6-5-10(19(21)22)7-9(12)8-17-18-14(20)11-3-1-2-4-13(11)16/h1-8H,(H,18,20)/b17-8+. The number of carbonyl (C=O) groups excluding carboxylic acids is 1. The fourth-order valence-electron chi connectivity index (χ4n) is 1.61. The van der Waals surface area contributed by atoms with Crippen LogP contribution >= 0.6 is 34.2 Å². The fourth-order valence-corrected chi connectivity index (χ4v) is 2.41. The van der Waals surface area contributed by atoms with E-state index in [0.29, 0.717) is 16.1 Å². The van der Waals surface area contributed by atoms with Gasteiger partial charge in [0.25, 0.3) is 11.6 Å². The average molecular weight is 430 g/mol. The van der Waals surface area contributed by atoms with Gasteiger partial charge >= 0.3 is 0 Å².